The number of carbonyl (C=O) groups is 2. The first-order valence-corrected chi connectivity index (χ1v) is 8.60. The number of aromatic hydroxyl groups is 1. The highest BCUT2D eigenvalue weighted by Crippen LogP contribution is 2.37. The Balaban J connectivity index is 1.75. The van der Waals surface area contributed by atoms with Gasteiger partial charge in [0.05, 0.1) is 12.2 Å². The summed E-state index contributed by atoms with van der Waals surface area (Å²) in [5, 5.41) is 12.9. The quantitative estimate of drug-likeness (QED) is 0.735. The number of aromatic nitrogens is 1. The lowest BCUT2D eigenvalue weighted by molar-refractivity contribution is 0.0961. The number of fused-ring (bicyclic) bond motifs is 1. The number of pyridine rings is 1. The van der Waals surface area contributed by atoms with E-state index in [0.717, 1.165) is 0 Å². The predicted octanol–water partition coefficient (Wildman–Crippen LogP) is 3.11. The molecule has 1 aromatic heterocycles. The normalized spacial score (nSPS) is 12.8. The Morgan fingerprint density at radius 1 is 1.14 bits per heavy atom. The average Bonchev–Trinajstić information content (AvgIpc) is 3.05. The Bertz CT molecular complexity index is 1100. The first-order valence-electron chi connectivity index (χ1n) is 8.60. The fourth-order valence-electron chi connectivity index (χ4n) is 3.31. The molecule has 0 radical (unpaired) electrons. The first kappa shape index (κ1) is 17.7. The lowest BCUT2D eigenvalue weighted by atomic mass is 10.0. The van der Waals surface area contributed by atoms with Gasteiger partial charge in [-0.25, -0.2) is 4.39 Å². The molecule has 1 aliphatic rings. The summed E-state index contributed by atoms with van der Waals surface area (Å²) < 4.78 is 13.2. The van der Waals surface area contributed by atoms with Crippen molar-refractivity contribution in [3.8, 4) is 17.0 Å². The van der Waals surface area contributed by atoms with Crippen molar-refractivity contribution in [1.29, 1.82) is 0 Å². The fraction of sp³-hybridized carbons (Fsp3) is 0.0952. The lowest BCUT2D eigenvalue weighted by Gasteiger charge is -2.15. The number of phenolic OH excluding ortho intramolecular Hbond substituents is 1. The number of nitrogens with zero attached hydrogens (tertiary/aromatic N) is 2. The zero-order valence-corrected chi connectivity index (χ0v) is 14.9. The smallest absolute Gasteiger partial charge is 0.259 e. The SMILES string of the molecule is CNC(=O)c1ccc(-c2nccc3c2CN(c2ccc(F)cc2)C3=O)c(O)c1. The van der Waals surface area contributed by atoms with E-state index in [9.17, 15) is 19.1 Å². The van der Waals surface area contributed by atoms with Crippen molar-refractivity contribution in [2.24, 2.45) is 0 Å². The molecule has 28 heavy (non-hydrogen) atoms. The molecule has 4 rings (SSSR count). The van der Waals surface area contributed by atoms with Crippen LogP contribution in [-0.2, 0) is 6.54 Å². The molecule has 0 saturated heterocycles. The highest BCUT2D eigenvalue weighted by atomic mass is 19.1. The van der Waals surface area contributed by atoms with Gasteiger partial charge in [0.25, 0.3) is 11.8 Å². The second-order valence-electron chi connectivity index (χ2n) is 6.36. The van der Waals surface area contributed by atoms with E-state index in [1.807, 2.05) is 0 Å². The predicted molar refractivity (Wildman–Crippen MR) is 102 cm³/mol. The summed E-state index contributed by atoms with van der Waals surface area (Å²) in [6, 6.07) is 11.9. The lowest BCUT2D eigenvalue weighted by Crippen LogP contribution is -2.22. The van der Waals surface area contributed by atoms with E-state index in [0.29, 0.717) is 33.6 Å². The molecule has 3 aromatic rings. The number of carbonyl (C=O) groups excluding carboxylic acids is 2. The maximum absolute atomic E-state index is 13.2. The van der Waals surface area contributed by atoms with Gasteiger partial charge < -0.3 is 15.3 Å². The summed E-state index contributed by atoms with van der Waals surface area (Å²) in [6.45, 7) is 0.250. The van der Waals surface area contributed by atoms with E-state index >= 15 is 0 Å². The van der Waals surface area contributed by atoms with Gasteiger partial charge in [0.1, 0.15) is 11.6 Å². The molecule has 2 N–H and O–H groups in total. The van der Waals surface area contributed by atoms with Crippen molar-refractivity contribution in [1.82, 2.24) is 10.3 Å². The molecule has 2 heterocycles. The van der Waals surface area contributed by atoms with Crippen molar-refractivity contribution >= 4 is 17.5 Å². The first-order chi connectivity index (χ1) is 13.5. The second-order valence-corrected chi connectivity index (χ2v) is 6.36. The zero-order chi connectivity index (χ0) is 19.8. The molecule has 0 atom stereocenters. The number of halogens is 1. The van der Waals surface area contributed by atoms with Crippen LogP contribution < -0.4 is 10.2 Å². The number of benzene rings is 2. The topological polar surface area (TPSA) is 82.5 Å². The summed E-state index contributed by atoms with van der Waals surface area (Å²) in [6.07, 6.45) is 1.51. The molecule has 0 bridgehead atoms. The maximum Gasteiger partial charge on any atom is 0.259 e. The van der Waals surface area contributed by atoms with Crippen LogP contribution in [0.25, 0.3) is 11.3 Å². The molecule has 0 saturated carbocycles. The molecular weight excluding hydrogens is 361 g/mol. The van der Waals surface area contributed by atoms with Gasteiger partial charge in [-0.3, -0.25) is 14.6 Å². The molecule has 0 unspecified atom stereocenters. The minimum absolute atomic E-state index is 0.102. The van der Waals surface area contributed by atoms with E-state index in [2.05, 4.69) is 10.3 Å². The Morgan fingerprint density at radius 2 is 1.89 bits per heavy atom. The molecule has 0 aliphatic carbocycles. The third-order valence-electron chi connectivity index (χ3n) is 4.73. The number of rotatable bonds is 3. The highest BCUT2D eigenvalue weighted by molar-refractivity contribution is 6.11. The molecular formula is C21H16FN3O3. The van der Waals surface area contributed by atoms with Gasteiger partial charge in [-0.05, 0) is 48.5 Å². The second kappa shape index (κ2) is 6.77. The maximum atomic E-state index is 13.2. The molecule has 6 nitrogen and oxygen atoms in total. The number of anilines is 1. The van der Waals surface area contributed by atoms with Crippen molar-refractivity contribution < 1.29 is 19.1 Å². The molecule has 1 aliphatic heterocycles. The molecule has 7 heteroatoms. The number of hydrogen-bond acceptors (Lipinski definition) is 4. The van der Waals surface area contributed by atoms with Gasteiger partial charge in [-0.1, -0.05) is 0 Å². The van der Waals surface area contributed by atoms with Crippen LogP contribution in [0.15, 0.2) is 54.7 Å². The number of amides is 2. The van der Waals surface area contributed by atoms with Crippen molar-refractivity contribution in [2.75, 3.05) is 11.9 Å². The van der Waals surface area contributed by atoms with Gasteiger partial charge in [0.15, 0.2) is 0 Å². The molecule has 140 valence electrons. The minimum Gasteiger partial charge on any atom is -0.507 e. The van der Waals surface area contributed by atoms with E-state index in [-0.39, 0.29) is 29.9 Å². The minimum atomic E-state index is -0.378. The van der Waals surface area contributed by atoms with Crippen LogP contribution in [0, 0.1) is 5.82 Å². The van der Waals surface area contributed by atoms with Crippen LogP contribution in [0.4, 0.5) is 10.1 Å². The van der Waals surface area contributed by atoms with Gasteiger partial charge >= 0.3 is 0 Å². The van der Waals surface area contributed by atoms with Crippen LogP contribution in [0.1, 0.15) is 26.3 Å². The van der Waals surface area contributed by atoms with E-state index < -0.39 is 0 Å². The van der Waals surface area contributed by atoms with Crippen molar-refractivity contribution in [3.05, 3.63) is 77.2 Å². The summed E-state index contributed by atoms with van der Waals surface area (Å²) in [7, 11) is 1.51. The van der Waals surface area contributed by atoms with E-state index in [4.69, 9.17) is 0 Å². The highest BCUT2D eigenvalue weighted by Gasteiger charge is 2.32. The van der Waals surface area contributed by atoms with Crippen LogP contribution >= 0.6 is 0 Å². The summed E-state index contributed by atoms with van der Waals surface area (Å²) in [4.78, 5) is 30.5. The molecule has 2 aromatic carbocycles. The average molecular weight is 377 g/mol. The Morgan fingerprint density at radius 3 is 2.57 bits per heavy atom. The van der Waals surface area contributed by atoms with E-state index in [1.165, 1.54) is 36.3 Å². The van der Waals surface area contributed by atoms with Gasteiger partial charge in [0, 0.05) is 41.2 Å². The van der Waals surface area contributed by atoms with Gasteiger partial charge in [-0.2, -0.15) is 0 Å². The van der Waals surface area contributed by atoms with Gasteiger partial charge in [-0.15, -0.1) is 0 Å². The number of hydrogen-bond donors (Lipinski definition) is 2. The standard InChI is InChI=1S/C21H16FN3O3/c1-23-20(27)12-2-7-16(18(26)10-12)19-17-11-25(14-5-3-13(22)4-6-14)21(28)15(17)8-9-24-19/h2-10,26H,11H2,1H3,(H,23,27). The van der Waals surface area contributed by atoms with E-state index in [1.54, 1.807) is 30.3 Å². The zero-order valence-electron chi connectivity index (χ0n) is 14.9. The molecule has 0 spiro atoms. The number of nitrogens with one attached hydrogen (secondary N) is 1. The van der Waals surface area contributed by atoms with Crippen LogP contribution in [0.3, 0.4) is 0 Å². The third kappa shape index (κ3) is 2.87. The Hall–Kier alpha value is -3.74. The fourth-order valence-corrected chi connectivity index (χ4v) is 3.31. The summed E-state index contributed by atoms with van der Waals surface area (Å²) in [5.74, 6) is -1.01. The monoisotopic (exact) mass is 377 g/mol. The summed E-state index contributed by atoms with van der Waals surface area (Å²) in [5.41, 5.74) is 2.94. The largest absolute Gasteiger partial charge is 0.507 e. The molecule has 0 fully saturated rings. The van der Waals surface area contributed by atoms with Crippen LogP contribution in [0.2, 0.25) is 0 Å². The van der Waals surface area contributed by atoms with Crippen LogP contribution in [-0.4, -0.2) is 29.0 Å². The summed E-state index contributed by atoms with van der Waals surface area (Å²) >= 11 is 0. The van der Waals surface area contributed by atoms with Gasteiger partial charge in [0.2, 0.25) is 0 Å². The van der Waals surface area contributed by atoms with Crippen LogP contribution in [0.5, 0.6) is 5.75 Å². The Labute approximate surface area is 160 Å². The molecule has 2 amide bonds. The van der Waals surface area contributed by atoms with Crippen molar-refractivity contribution in [3.63, 3.8) is 0 Å². The van der Waals surface area contributed by atoms with Crippen molar-refractivity contribution in [2.45, 2.75) is 6.54 Å². The Kier molecular flexibility index (Phi) is 4.27. The third-order valence-corrected chi connectivity index (χ3v) is 4.73. The number of phenols is 1.